The van der Waals surface area contributed by atoms with Crippen molar-refractivity contribution in [1.29, 1.82) is 0 Å². The standard InChI is InChI=1S/C17H22N2O2/c1-12-3-2-7-17(21,10-12)11-19-16(20)14-5-4-13-6-8-18-15(13)9-14/h4-6,8-9,12,18,21H,2-3,7,10-11H2,1H3,(H,19,20). The van der Waals surface area contributed by atoms with Crippen molar-refractivity contribution >= 4 is 16.8 Å². The van der Waals surface area contributed by atoms with Crippen molar-refractivity contribution in [2.75, 3.05) is 6.54 Å². The number of rotatable bonds is 3. The van der Waals surface area contributed by atoms with Gasteiger partial charge in [-0.3, -0.25) is 4.79 Å². The molecule has 1 aromatic heterocycles. The Hall–Kier alpha value is -1.81. The number of aliphatic hydroxyl groups is 1. The van der Waals surface area contributed by atoms with Crippen LogP contribution in [0.1, 0.15) is 43.0 Å². The lowest BCUT2D eigenvalue weighted by atomic mass is 9.79. The zero-order valence-corrected chi connectivity index (χ0v) is 12.4. The molecule has 0 saturated heterocycles. The number of benzene rings is 1. The third kappa shape index (κ3) is 3.10. The van der Waals surface area contributed by atoms with Gasteiger partial charge in [0.15, 0.2) is 0 Å². The van der Waals surface area contributed by atoms with E-state index >= 15 is 0 Å². The predicted molar refractivity (Wildman–Crippen MR) is 83.2 cm³/mol. The monoisotopic (exact) mass is 286 g/mol. The Kier molecular flexibility index (Phi) is 3.72. The second-order valence-electron chi connectivity index (χ2n) is 6.39. The smallest absolute Gasteiger partial charge is 0.251 e. The van der Waals surface area contributed by atoms with Gasteiger partial charge in [0.1, 0.15) is 0 Å². The number of carbonyl (C=O) groups is 1. The van der Waals surface area contributed by atoms with Gasteiger partial charge in [-0.05, 0) is 42.3 Å². The van der Waals surface area contributed by atoms with E-state index in [1.54, 1.807) is 0 Å². The Bertz CT molecular complexity index is 649. The van der Waals surface area contributed by atoms with Gasteiger partial charge in [0.25, 0.3) is 5.91 Å². The molecule has 0 aliphatic heterocycles. The van der Waals surface area contributed by atoms with Crippen LogP contribution in [-0.2, 0) is 0 Å². The molecule has 1 heterocycles. The first-order chi connectivity index (χ1) is 10.1. The van der Waals surface area contributed by atoms with E-state index in [1.807, 2.05) is 30.5 Å². The number of H-pyrrole nitrogens is 1. The minimum atomic E-state index is -0.746. The van der Waals surface area contributed by atoms with Crippen molar-refractivity contribution in [2.45, 2.75) is 38.2 Å². The minimum absolute atomic E-state index is 0.127. The van der Waals surface area contributed by atoms with Crippen molar-refractivity contribution in [2.24, 2.45) is 5.92 Å². The Morgan fingerprint density at radius 3 is 3.14 bits per heavy atom. The fourth-order valence-electron chi connectivity index (χ4n) is 3.33. The third-order valence-corrected chi connectivity index (χ3v) is 4.46. The molecule has 1 aromatic carbocycles. The second kappa shape index (κ2) is 5.53. The molecule has 0 radical (unpaired) electrons. The summed E-state index contributed by atoms with van der Waals surface area (Å²) in [4.78, 5) is 15.3. The molecular weight excluding hydrogens is 264 g/mol. The lowest BCUT2D eigenvalue weighted by molar-refractivity contribution is -0.0109. The number of fused-ring (bicyclic) bond motifs is 1. The second-order valence-corrected chi connectivity index (χ2v) is 6.39. The van der Waals surface area contributed by atoms with Crippen LogP contribution in [0.4, 0.5) is 0 Å². The van der Waals surface area contributed by atoms with Gasteiger partial charge in [-0.1, -0.05) is 25.8 Å². The highest BCUT2D eigenvalue weighted by molar-refractivity contribution is 5.97. The van der Waals surface area contributed by atoms with Crippen LogP contribution in [-0.4, -0.2) is 28.1 Å². The first kappa shape index (κ1) is 14.1. The molecule has 1 fully saturated rings. The molecule has 0 spiro atoms. The summed E-state index contributed by atoms with van der Waals surface area (Å²) in [6, 6.07) is 7.57. The molecule has 1 aliphatic rings. The molecule has 4 nitrogen and oxygen atoms in total. The third-order valence-electron chi connectivity index (χ3n) is 4.46. The summed E-state index contributed by atoms with van der Waals surface area (Å²) >= 11 is 0. The van der Waals surface area contributed by atoms with E-state index < -0.39 is 5.60 Å². The van der Waals surface area contributed by atoms with Crippen LogP contribution in [0, 0.1) is 5.92 Å². The average molecular weight is 286 g/mol. The largest absolute Gasteiger partial charge is 0.388 e. The highest BCUT2D eigenvalue weighted by atomic mass is 16.3. The number of carbonyl (C=O) groups excluding carboxylic acids is 1. The van der Waals surface area contributed by atoms with Gasteiger partial charge in [-0.2, -0.15) is 0 Å². The first-order valence-corrected chi connectivity index (χ1v) is 7.63. The Morgan fingerprint density at radius 1 is 1.48 bits per heavy atom. The van der Waals surface area contributed by atoms with Crippen LogP contribution in [0.3, 0.4) is 0 Å². The van der Waals surface area contributed by atoms with Gasteiger partial charge in [0.05, 0.1) is 5.60 Å². The Morgan fingerprint density at radius 2 is 2.33 bits per heavy atom. The van der Waals surface area contributed by atoms with Gasteiger partial charge in [0, 0.05) is 23.8 Å². The van der Waals surface area contributed by atoms with Gasteiger partial charge in [0.2, 0.25) is 0 Å². The van der Waals surface area contributed by atoms with Crippen LogP contribution in [0.5, 0.6) is 0 Å². The summed E-state index contributed by atoms with van der Waals surface area (Å²) in [6.45, 7) is 2.49. The van der Waals surface area contributed by atoms with Crippen LogP contribution in [0.15, 0.2) is 30.5 Å². The number of hydrogen-bond acceptors (Lipinski definition) is 2. The first-order valence-electron chi connectivity index (χ1n) is 7.63. The maximum Gasteiger partial charge on any atom is 0.251 e. The minimum Gasteiger partial charge on any atom is -0.388 e. The topological polar surface area (TPSA) is 65.1 Å². The predicted octanol–water partition coefficient (Wildman–Crippen LogP) is 2.84. The molecule has 2 aromatic rings. The maximum atomic E-state index is 12.2. The van der Waals surface area contributed by atoms with Crippen molar-refractivity contribution in [3.8, 4) is 0 Å². The zero-order valence-electron chi connectivity index (χ0n) is 12.4. The highest BCUT2D eigenvalue weighted by Crippen LogP contribution is 2.31. The molecule has 21 heavy (non-hydrogen) atoms. The van der Waals surface area contributed by atoms with Crippen molar-refractivity contribution in [1.82, 2.24) is 10.3 Å². The number of hydrogen-bond donors (Lipinski definition) is 3. The SMILES string of the molecule is CC1CCCC(O)(CNC(=O)c2ccc3cc[nH]c3c2)C1. The molecule has 2 unspecified atom stereocenters. The normalized spacial score (nSPS) is 25.9. The average Bonchev–Trinajstić information content (AvgIpc) is 2.92. The van der Waals surface area contributed by atoms with Crippen LogP contribution in [0.25, 0.3) is 10.9 Å². The molecular formula is C17H22N2O2. The number of amides is 1. The van der Waals surface area contributed by atoms with Crippen LogP contribution < -0.4 is 5.32 Å². The van der Waals surface area contributed by atoms with Crippen LogP contribution >= 0.6 is 0 Å². The van der Waals surface area contributed by atoms with E-state index in [-0.39, 0.29) is 5.91 Å². The summed E-state index contributed by atoms with van der Waals surface area (Å²) in [5, 5.41) is 14.5. The van der Waals surface area contributed by atoms with Gasteiger partial charge < -0.3 is 15.4 Å². The van der Waals surface area contributed by atoms with Gasteiger partial charge >= 0.3 is 0 Å². The summed E-state index contributed by atoms with van der Waals surface area (Å²) in [6.07, 6.45) is 5.59. The van der Waals surface area contributed by atoms with E-state index in [9.17, 15) is 9.90 Å². The molecule has 3 N–H and O–H groups in total. The fourth-order valence-corrected chi connectivity index (χ4v) is 3.33. The molecule has 2 atom stereocenters. The lowest BCUT2D eigenvalue weighted by Gasteiger charge is -2.35. The molecule has 0 bridgehead atoms. The molecule has 1 saturated carbocycles. The molecule has 3 rings (SSSR count). The Labute approximate surface area is 124 Å². The molecule has 1 aliphatic carbocycles. The van der Waals surface area contributed by atoms with Crippen molar-refractivity contribution in [3.63, 3.8) is 0 Å². The summed E-state index contributed by atoms with van der Waals surface area (Å²) in [7, 11) is 0. The van der Waals surface area contributed by atoms with Crippen LogP contribution in [0.2, 0.25) is 0 Å². The summed E-state index contributed by atoms with van der Waals surface area (Å²) in [5.74, 6) is 0.397. The van der Waals surface area contributed by atoms with Gasteiger partial charge in [-0.15, -0.1) is 0 Å². The van der Waals surface area contributed by atoms with Crippen molar-refractivity contribution < 1.29 is 9.90 Å². The quantitative estimate of drug-likeness (QED) is 0.812. The Balaban J connectivity index is 1.65. The van der Waals surface area contributed by atoms with E-state index in [0.29, 0.717) is 18.0 Å². The summed E-state index contributed by atoms with van der Waals surface area (Å²) in [5.41, 5.74) is 0.828. The van der Waals surface area contributed by atoms with E-state index in [2.05, 4.69) is 17.2 Å². The van der Waals surface area contributed by atoms with Gasteiger partial charge in [-0.25, -0.2) is 0 Å². The molecule has 112 valence electrons. The number of nitrogens with one attached hydrogen (secondary N) is 2. The zero-order chi connectivity index (χ0) is 14.9. The maximum absolute atomic E-state index is 12.2. The fraction of sp³-hybridized carbons (Fsp3) is 0.471. The lowest BCUT2D eigenvalue weighted by Crippen LogP contribution is -2.45. The summed E-state index contributed by atoms with van der Waals surface area (Å²) < 4.78 is 0. The molecule has 4 heteroatoms. The van der Waals surface area contributed by atoms with E-state index in [4.69, 9.17) is 0 Å². The van der Waals surface area contributed by atoms with E-state index in [0.717, 1.165) is 30.2 Å². The number of aromatic nitrogens is 1. The molecule has 1 amide bonds. The number of aromatic amines is 1. The van der Waals surface area contributed by atoms with Crippen molar-refractivity contribution in [3.05, 3.63) is 36.0 Å². The van der Waals surface area contributed by atoms with E-state index in [1.165, 1.54) is 6.42 Å². The highest BCUT2D eigenvalue weighted by Gasteiger charge is 2.32.